The number of amides is 1. The van der Waals surface area contributed by atoms with Gasteiger partial charge < -0.3 is 28.8 Å². The molecule has 1 aliphatic carbocycles. The summed E-state index contributed by atoms with van der Waals surface area (Å²) in [6.45, 7) is 5.79. The minimum Gasteiger partial charge on any atom is -0.493 e. The van der Waals surface area contributed by atoms with Crippen LogP contribution in [0.15, 0.2) is 24.5 Å². The number of carbonyl (C=O) groups is 1. The van der Waals surface area contributed by atoms with Crippen LogP contribution in [0.4, 0.5) is 5.82 Å². The summed E-state index contributed by atoms with van der Waals surface area (Å²) >= 11 is 0. The zero-order chi connectivity index (χ0) is 25.2. The second-order valence-corrected chi connectivity index (χ2v) is 11.2. The molecular formula is C28H32N4O5. The summed E-state index contributed by atoms with van der Waals surface area (Å²) in [6.07, 6.45) is 7.76. The molecule has 1 N–H and O–H groups in total. The zero-order valence-corrected chi connectivity index (χ0v) is 21.3. The maximum absolute atomic E-state index is 11.7. The van der Waals surface area contributed by atoms with Gasteiger partial charge in [-0.05, 0) is 24.8 Å². The van der Waals surface area contributed by atoms with Gasteiger partial charge in [0.05, 0.1) is 56.1 Å². The van der Waals surface area contributed by atoms with Crippen molar-refractivity contribution in [1.29, 1.82) is 0 Å². The summed E-state index contributed by atoms with van der Waals surface area (Å²) in [5, 5.41) is 3.77. The lowest BCUT2D eigenvalue weighted by Gasteiger charge is -2.53. The van der Waals surface area contributed by atoms with Crippen LogP contribution in [-0.2, 0) is 38.1 Å². The van der Waals surface area contributed by atoms with Gasteiger partial charge in [0.25, 0.3) is 0 Å². The molecule has 6 heterocycles. The topological polar surface area (TPSA) is 96.7 Å². The average molecular weight is 505 g/mol. The van der Waals surface area contributed by atoms with Crippen molar-refractivity contribution in [3.8, 4) is 17.0 Å². The van der Waals surface area contributed by atoms with E-state index in [0.29, 0.717) is 43.6 Å². The van der Waals surface area contributed by atoms with Crippen molar-refractivity contribution in [2.45, 2.75) is 38.2 Å². The van der Waals surface area contributed by atoms with Crippen LogP contribution < -0.4 is 10.1 Å². The van der Waals surface area contributed by atoms with Gasteiger partial charge >= 0.3 is 0 Å². The first-order valence-electron chi connectivity index (χ1n) is 13.1. The van der Waals surface area contributed by atoms with Crippen molar-refractivity contribution >= 4 is 22.6 Å². The van der Waals surface area contributed by atoms with E-state index >= 15 is 0 Å². The number of aromatic nitrogens is 3. The number of aryl methyl sites for hydroxylation is 1. The fourth-order valence-electron chi connectivity index (χ4n) is 6.54. The molecule has 0 aromatic carbocycles. The molecular weight excluding hydrogens is 472 g/mol. The Labute approximate surface area is 215 Å². The van der Waals surface area contributed by atoms with E-state index in [1.807, 2.05) is 17.7 Å². The van der Waals surface area contributed by atoms with Crippen molar-refractivity contribution in [3.63, 3.8) is 0 Å². The van der Waals surface area contributed by atoms with Gasteiger partial charge in [-0.15, -0.1) is 0 Å². The van der Waals surface area contributed by atoms with Crippen LogP contribution >= 0.6 is 0 Å². The zero-order valence-electron chi connectivity index (χ0n) is 21.3. The van der Waals surface area contributed by atoms with Gasteiger partial charge in [0.2, 0.25) is 5.91 Å². The predicted octanol–water partition coefficient (Wildman–Crippen LogP) is 3.59. The number of fused-ring (bicyclic) bond motifs is 3. The summed E-state index contributed by atoms with van der Waals surface area (Å²) in [5.74, 6) is 1.82. The van der Waals surface area contributed by atoms with Crippen molar-refractivity contribution in [2.75, 3.05) is 45.0 Å². The highest BCUT2D eigenvalue weighted by Gasteiger charge is 2.50. The summed E-state index contributed by atoms with van der Waals surface area (Å²) in [6, 6.07) is 4.00. The Morgan fingerprint density at radius 3 is 2.81 bits per heavy atom. The van der Waals surface area contributed by atoms with E-state index in [-0.39, 0.29) is 5.91 Å². The summed E-state index contributed by atoms with van der Waals surface area (Å²) in [4.78, 5) is 21.3. The minimum atomic E-state index is -0.529. The van der Waals surface area contributed by atoms with Crippen LogP contribution in [0.1, 0.15) is 37.4 Å². The van der Waals surface area contributed by atoms with Gasteiger partial charge in [-0.3, -0.25) is 4.79 Å². The Balaban J connectivity index is 1.30. The monoisotopic (exact) mass is 504 g/mol. The number of anilines is 1. The van der Waals surface area contributed by atoms with Gasteiger partial charge in [0.15, 0.2) is 0 Å². The number of nitrogens with zero attached hydrogens (tertiary/aromatic N) is 3. The molecule has 3 fully saturated rings. The highest BCUT2D eigenvalue weighted by molar-refractivity contribution is 5.98. The van der Waals surface area contributed by atoms with Crippen molar-refractivity contribution < 1.29 is 23.7 Å². The molecule has 0 radical (unpaired) electrons. The van der Waals surface area contributed by atoms with Crippen LogP contribution in [0.25, 0.3) is 22.2 Å². The molecule has 2 spiro atoms. The number of rotatable bonds is 5. The molecule has 1 unspecified atom stereocenters. The standard InChI is InChI=1S/C28H32N4O5/c1-17(33)30-25-7-20-21(12-32(2)23(20)11-29-25)22-8-24(36-13-18-9-27(10-18)14-35-15-27)19-3-5-37-28(26(19)31-22)4-6-34-16-28/h7-8,11-12,18H,3-6,9-10,13-16H2,1-2H3,(H,29,30,33). The number of ether oxygens (including phenoxy) is 4. The highest BCUT2D eigenvalue weighted by atomic mass is 16.6. The smallest absolute Gasteiger partial charge is 0.222 e. The van der Waals surface area contributed by atoms with Crippen LogP contribution in [0.2, 0.25) is 0 Å². The van der Waals surface area contributed by atoms with Crippen molar-refractivity contribution in [3.05, 3.63) is 35.8 Å². The fraction of sp³-hybridized carbons (Fsp3) is 0.536. The van der Waals surface area contributed by atoms with Crippen LogP contribution in [0.5, 0.6) is 5.75 Å². The number of carbonyl (C=O) groups excluding carboxylic acids is 1. The lowest BCUT2D eigenvalue weighted by Crippen LogP contribution is -2.53. The quantitative estimate of drug-likeness (QED) is 0.567. The van der Waals surface area contributed by atoms with E-state index in [0.717, 1.165) is 65.2 Å². The highest BCUT2D eigenvalue weighted by Crippen LogP contribution is 2.51. The normalized spacial score (nSPS) is 24.2. The van der Waals surface area contributed by atoms with Crippen molar-refractivity contribution in [2.24, 2.45) is 18.4 Å². The van der Waals surface area contributed by atoms with Gasteiger partial charge in [-0.2, -0.15) is 0 Å². The fourth-order valence-corrected chi connectivity index (χ4v) is 6.54. The molecule has 7 rings (SSSR count). The molecule has 3 aromatic heterocycles. The van der Waals surface area contributed by atoms with Gasteiger partial charge in [-0.25, -0.2) is 9.97 Å². The van der Waals surface area contributed by atoms with E-state index in [2.05, 4.69) is 22.6 Å². The Hall–Kier alpha value is -3.01. The third-order valence-corrected chi connectivity index (χ3v) is 8.42. The third-order valence-electron chi connectivity index (χ3n) is 8.42. The molecule has 4 aliphatic rings. The lowest BCUT2D eigenvalue weighted by molar-refractivity contribution is -0.183. The maximum Gasteiger partial charge on any atom is 0.222 e. The van der Waals surface area contributed by atoms with Crippen LogP contribution in [0, 0.1) is 11.3 Å². The number of hydrogen-bond donors (Lipinski definition) is 1. The largest absolute Gasteiger partial charge is 0.493 e. The molecule has 3 aromatic rings. The molecule has 0 bridgehead atoms. The van der Waals surface area contributed by atoms with Crippen LogP contribution in [0.3, 0.4) is 0 Å². The molecule has 3 aliphatic heterocycles. The summed E-state index contributed by atoms with van der Waals surface area (Å²) in [5.41, 5.74) is 4.72. The summed E-state index contributed by atoms with van der Waals surface area (Å²) < 4.78 is 26.2. The van der Waals surface area contributed by atoms with E-state index in [1.54, 1.807) is 6.20 Å². The number of pyridine rings is 2. The second-order valence-electron chi connectivity index (χ2n) is 11.2. The first-order chi connectivity index (χ1) is 17.9. The summed E-state index contributed by atoms with van der Waals surface area (Å²) in [7, 11) is 1.99. The molecule has 1 saturated carbocycles. The molecule has 1 atom stereocenters. The van der Waals surface area contributed by atoms with E-state index in [1.165, 1.54) is 19.8 Å². The second kappa shape index (κ2) is 8.51. The molecule has 37 heavy (non-hydrogen) atoms. The third kappa shape index (κ3) is 3.83. The first-order valence-corrected chi connectivity index (χ1v) is 13.1. The minimum absolute atomic E-state index is 0.154. The van der Waals surface area contributed by atoms with E-state index in [9.17, 15) is 4.79 Å². The SMILES string of the molecule is CC(=O)Nc1cc2c(-c3cc(OCC4CC5(COC5)C4)c4c(n3)C3(CCOC3)OCC4)cn(C)c2cn1. The Morgan fingerprint density at radius 1 is 1.22 bits per heavy atom. The number of hydrogen-bond acceptors (Lipinski definition) is 7. The molecule has 9 heteroatoms. The van der Waals surface area contributed by atoms with Gasteiger partial charge in [0, 0.05) is 67.6 Å². The van der Waals surface area contributed by atoms with Gasteiger partial charge in [-0.1, -0.05) is 0 Å². The lowest BCUT2D eigenvalue weighted by atomic mass is 9.61. The Morgan fingerprint density at radius 2 is 2.08 bits per heavy atom. The predicted molar refractivity (Wildman–Crippen MR) is 136 cm³/mol. The van der Waals surface area contributed by atoms with Crippen LogP contribution in [-0.4, -0.2) is 60.1 Å². The molecule has 194 valence electrons. The molecule has 9 nitrogen and oxygen atoms in total. The van der Waals surface area contributed by atoms with E-state index in [4.69, 9.17) is 23.9 Å². The Kier molecular flexibility index (Phi) is 5.32. The first kappa shape index (κ1) is 23.1. The maximum atomic E-state index is 11.7. The molecule has 1 amide bonds. The number of nitrogens with one attached hydrogen (secondary N) is 1. The Bertz CT molecular complexity index is 1380. The van der Waals surface area contributed by atoms with Crippen molar-refractivity contribution in [1.82, 2.24) is 14.5 Å². The average Bonchev–Trinajstić information content (AvgIpc) is 3.42. The molecule has 2 saturated heterocycles. The van der Waals surface area contributed by atoms with Gasteiger partial charge in [0.1, 0.15) is 17.2 Å². The van der Waals surface area contributed by atoms with E-state index < -0.39 is 5.60 Å².